The van der Waals surface area contributed by atoms with Gasteiger partial charge in [0, 0.05) is 23.5 Å². The SMILES string of the molecule is CCc1cc(OC2CCCC(Cc3ccc(OC(F)(F)F)cc3)(NCC(O)C(F)(F)F)C2)ccc1Cl. The monoisotopic (exact) mass is 539 g/mol. The van der Waals surface area contributed by atoms with Crippen LogP contribution in [0.3, 0.4) is 0 Å². The predicted octanol–water partition coefficient (Wildman–Crippen LogP) is 6.62. The second-order valence-corrected chi connectivity index (χ2v) is 9.44. The van der Waals surface area contributed by atoms with Gasteiger partial charge in [0.1, 0.15) is 17.6 Å². The van der Waals surface area contributed by atoms with E-state index >= 15 is 0 Å². The number of ether oxygens (including phenoxy) is 2. The number of nitrogens with one attached hydrogen (secondary N) is 1. The molecule has 0 saturated heterocycles. The van der Waals surface area contributed by atoms with Crippen LogP contribution in [0.15, 0.2) is 42.5 Å². The maximum atomic E-state index is 13.0. The van der Waals surface area contributed by atoms with Gasteiger partial charge in [-0.05, 0) is 73.6 Å². The van der Waals surface area contributed by atoms with Crippen LogP contribution in [0.2, 0.25) is 5.02 Å². The lowest BCUT2D eigenvalue weighted by Crippen LogP contribution is -2.55. The standard InChI is InChI=1S/C25H28ClF6NO3/c1-2-17-12-19(9-10-21(17)26)35-20-4-3-11-23(14-20,33-15-22(34)24(27,28)29)13-16-5-7-18(8-6-16)36-25(30,31)32/h5-10,12,20,22,33-34H,2-4,11,13-15H2,1H3. The summed E-state index contributed by atoms with van der Waals surface area (Å²) in [6.07, 6.45) is -9.41. The van der Waals surface area contributed by atoms with Crippen LogP contribution in [0.4, 0.5) is 26.3 Å². The Balaban J connectivity index is 1.79. The van der Waals surface area contributed by atoms with Crippen LogP contribution in [0.5, 0.6) is 11.5 Å². The molecular formula is C25H28ClF6NO3. The van der Waals surface area contributed by atoms with Crippen LogP contribution in [-0.2, 0) is 12.8 Å². The second kappa shape index (κ2) is 11.5. The number of aliphatic hydroxyl groups excluding tert-OH is 1. The van der Waals surface area contributed by atoms with Crippen molar-refractivity contribution in [2.45, 2.75) is 75.7 Å². The summed E-state index contributed by atoms with van der Waals surface area (Å²) in [6, 6.07) is 10.5. The molecule has 4 nitrogen and oxygen atoms in total. The van der Waals surface area contributed by atoms with Gasteiger partial charge >= 0.3 is 12.5 Å². The first kappa shape index (κ1) is 28.4. The summed E-state index contributed by atoms with van der Waals surface area (Å²) in [5.74, 6) is 0.209. The normalized spacial score (nSPS) is 21.8. The van der Waals surface area contributed by atoms with Crippen molar-refractivity contribution in [2.75, 3.05) is 6.54 Å². The molecule has 0 aliphatic heterocycles. The van der Waals surface area contributed by atoms with Gasteiger partial charge in [0.15, 0.2) is 6.10 Å². The molecule has 0 radical (unpaired) electrons. The molecule has 200 valence electrons. The van der Waals surface area contributed by atoms with Crippen molar-refractivity contribution in [3.8, 4) is 11.5 Å². The Morgan fingerprint density at radius 2 is 1.75 bits per heavy atom. The molecule has 2 aromatic rings. The van der Waals surface area contributed by atoms with Gasteiger partial charge in [-0.3, -0.25) is 0 Å². The largest absolute Gasteiger partial charge is 0.573 e. The molecule has 0 spiro atoms. The lowest BCUT2D eigenvalue weighted by atomic mass is 9.76. The number of β-amino-alcohol motifs (C(OH)–C–C–N with tert-alkyl or cyclic N) is 1. The first-order chi connectivity index (χ1) is 16.8. The lowest BCUT2D eigenvalue weighted by molar-refractivity contribution is -0.274. The van der Waals surface area contributed by atoms with E-state index in [9.17, 15) is 31.4 Å². The minimum atomic E-state index is -4.83. The summed E-state index contributed by atoms with van der Waals surface area (Å²) < 4.78 is 86.4. The van der Waals surface area contributed by atoms with Crippen molar-refractivity contribution in [1.29, 1.82) is 0 Å². The van der Waals surface area contributed by atoms with Crippen LogP contribution < -0.4 is 14.8 Å². The van der Waals surface area contributed by atoms with Gasteiger partial charge in [0.25, 0.3) is 0 Å². The molecule has 0 amide bonds. The third-order valence-corrected chi connectivity index (χ3v) is 6.62. The highest BCUT2D eigenvalue weighted by Crippen LogP contribution is 2.36. The van der Waals surface area contributed by atoms with Crippen LogP contribution in [0.1, 0.15) is 43.7 Å². The zero-order chi connectivity index (χ0) is 26.6. The molecule has 1 aliphatic rings. The molecule has 3 atom stereocenters. The number of aliphatic hydroxyl groups is 1. The molecule has 3 rings (SSSR count). The summed E-state index contributed by atoms with van der Waals surface area (Å²) in [5, 5.41) is 13.1. The molecule has 0 bridgehead atoms. The molecule has 1 aliphatic carbocycles. The average Bonchev–Trinajstić information content (AvgIpc) is 2.79. The predicted molar refractivity (Wildman–Crippen MR) is 123 cm³/mol. The molecule has 3 unspecified atom stereocenters. The van der Waals surface area contributed by atoms with Gasteiger partial charge in [-0.25, -0.2) is 0 Å². The van der Waals surface area contributed by atoms with Crippen LogP contribution >= 0.6 is 11.6 Å². The van der Waals surface area contributed by atoms with E-state index in [1.807, 2.05) is 13.0 Å². The van der Waals surface area contributed by atoms with E-state index in [0.717, 1.165) is 17.7 Å². The number of hydrogen-bond donors (Lipinski definition) is 2. The molecule has 1 saturated carbocycles. The van der Waals surface area contributed by atoms with Crippen molar-refractivity contribution in [1.82, 2.24) is 5.32 Å². The van der Waals surface area contributed by atoms with Crippen LogP contribution in [-0.4, -0.2) is 41.9 Å². The number of aryl methyl sites for hydroxylation is 1. The highest BCUT2D eigenvalue weighted by atomic mass is 35.5. The van der Waals surface area contributed by atoms with E-state index < -0.39 is 30.7 Å². The van der Waals surface area contributed by atoms with Gasteiger partial charge in [0.2, 0.25) is 0 Å². The molecule has 36 heavy (non-hydrogen) atoms. The highest BCUT2D eigenvalue weighted by Gasteiger charge is 2.42. The number of benzene rings is 2. The van der Waals surface area contributed by atoms with E-state index in [-0.39, 0.29) is 18.3 Å². The Kier molecular flexibility index (Phi) is 9.06. The summed E-state index contributed by atoms with van der Waals surface area (Å²) >= 11 is 6.18. The van der Waals surface area contributed by atoms with Crippen molar-refractivity contribution in [3.05, 3.63) is 58.6 Å². The molecule has 11 heteroatoms. The molecule has 0 aromatic heterocycles. The maximum Gasteiger partial charge on any atom is 0.573 e. The van der Waals surface area contributed by atoms with Crippen LogP contribution in [0.25, 0.3) is 0 Å². The van der Waals surface area contributed by atoms with Gasteiger partial charge in [0.05, 0.1) is 0 Å². The van der Waals surface area contributed by atoms with E-state index in [1.54, 1.807) is 12.1 Å². The smallest absolute Gasteiger partial charge is 0.490 e. The minimum absolute atomic E-state index is 0.227. The minimum Gasteiger partial charge on any atom is -0.490 e. The van der Waals surface area contributed by atoms with Crippen molar-refractivity contribution >= 4 is 11.6 Å². The summed E-state index contributed by atoms with van der Waals surface area (Å²) in [7, 11) is 0. The highest BCUT2D eigenvalue weighted by molar-refractivity contribution is 6.31. The van der Waals surface area contributed by atoms with E-state index in [4.69, 9.17) is 16.3 Å². The van der Waals surface area contributed by atoms with Crippen molar-refractivity contribution in [2.24, 2.45) is 0 Å². The Morgan fingerprint density at radius 1 is 1.08 bits per heavy atom. The first-order valence-electron chi connectivity index (χ1n) is 11.6. The molecule has 2 N–H and O–H groups in total. The first-order valence-corrected chi connectivity index (χ1v) is 12.0. The second-order valence-electron chi connectivity index (χ2n) is 9.03. The molecule has 0 heterocycles. The average molecular weight is 540 g/mol. The van der Waals surface area contributed by atoms with E-state index in [2.05, 4.69) is 10.1 Å². The van der Waals surface area contributed by atoms with Gasteiger partial charge in [-0.2, -0.15) is 13.2 Å². The third-order valence-electron chi connectivity index (χ3n) is 6.25. The van der Waals surface area contributed by atoms with Gasteiger partial charge in [-0.15, -0.1) is 13.2 Å². The Morgan fingerprint density at radius 3 is 2.36 bits per heavy atom. The Hall–Kier alpha value is -2.17. The molecule has 1 fully saturated rings. The van der Waals surface area contributed by atoms with Gasteiger partial charge in [-0.1, -0.05) is 30.7 Å². The fourth-order valence-corrected chi connectivity index (χ4v) is 4.76. The number of hydrogen-bond acceptors (Lipinski definition) is 4. The summed E-state index contributed by atoms with van der Waals surface area (Å²) in [6.45, 7) is 1.24. The quantitative estimate of drug-likeness (QED) is 0.352. The number of alkyl halides is 6. The zero-order valence-electron chi connectivity index (χ0n) is 19.6. The summed E-state index contributed by atoms with van der Waals surface area (Å²) in [5.41, 5.74) is 0.643. The fraction of sp³-hybridized carbons (Fsp3) is 0.520. The zero-order valence-corrected chi connectivity index (χ0v) is 20.3. The third kappa shape index (κ3) is 8.18. The van der Waals surface area contributed by atoms with Crippen molar-refractivity contribution in [3.63, 3.8) is 0 Å². The topological polar surface area (TPSA) is 50.7 Å². The number of halogens is 7. The van der Waals surface area contributed by atoms with Gasteiger partial charge < -0.3 is 19.9 Å². The Labute approximate surface area is 210 Å². The Bertz CT molecular complexity index is 999. The summed E-state index contributed by atoms with van der Waals surface area (Å²) in [4.78, 5) is 0. The van der Waals surface area contributed by atoms with E-state index in [0.29, 0.717) is 48.4 Å². The number of rotatable bonds is 9. The lowest BCUT2D eigenvalue weighted by Gasteiger charge is -2.42. The molecular weight excluding hydrogens is 512 g/mol. The fourth-order valence-electron chi connectivity index (χ4n) is 4.51. The van der Waals surface area contributed by atoms with Crippen LogP contribution in [0, 0.1) is 0 Å². The van der Waals surface area contributed by atoms with Crippen molar-refractivity contribution < 1.29 is 40.9 Å². The molecule has 2 aromatic carbocycles. The van der Waals surface area contributed by atoms with E-state index in [1.165, 1.54) is 12.1 Å². The maximum absolute atomic E-state index is 13.0.